The van der Waals surface area contributed by atoms with Crippen LogP contribution in [0, 0.1) is 0 Å². The van der Waals surface area contributed by atoms with E-state index in [2.05, 4.69) is 25.7 Å². The lowest BCUT2D eigenvalue weighted by Crippen LogP contribution is -2.47. The van der Waals surface area contributed by atoms with Crippen molar-refractivity contribution in [2.24, 2.45) is 0 Å². The lowest BCUT2D eigenvalue weighted by atomic mass is 10.2. The summed E-state index contributed by atoms with van der Waals surface area (Å²) in [6.07, 6.45) is -0.0802. The molecule has 1 aliphatic heterocycles. The zero-order valence-electron chi connectivity index (χ0n) is 16.2. The Balaban J connectivity index is 1.39. The van der Waals surface area contributed by atoms with Gasteiger partial charge in [-0.1, -0.05) is 52.4 Å². The Morgan fingerprint density at radius 3 is 2.93 bits per heavy atom. The maximum absolute atomic E-state index is 12.1. The summed E-state index contributed by atoms with van der Waals surface area (Å²) in [6.45, 7) is 4.71. The van der Waals surface area contributed by atoms with Crippen molar-refractivity contribution in [3.8, 4) is 0 Å². The fourth-order valence-electron chi connectivity index (χ4n) is 2.82. The number of hydrogen-bond donors (Lipinski definition) is 2. The van der Waals surface area contributed by atoms with E-state index in [1.807, 2.05) is 12.1 Å². The van der Waals surface area contributed by atoms with Crippen LogP contribution in [0.3, 0.4) is 0 Å². The van der Waals surface area contributed by atoms with Gasteiger partial charge >= 0.3 is 0 Å². The summed E-state index contributed by atoms with van der Waals surface area (Å²) >= 11 is 14.6. The van der Waals surface area contributed by atoms with Crippen molar-refractivity contribution in [3.63, 3.8) is 0 Å². The van der Waals surface area contributed by atoms with Gasteiger partial charge < -0.3 is 15.4 Å². The fraction of sp³-hybridized carbons (Fsp3) is 0.444. The highest BCUT2D eigenvalue weighted by Gasteiger charge is 2.21. The maximum Gasteiger partial charge on any atom is 0.230 e. The Kier molecular flexibility index (Phi) is 8.72. The Hall–Kier alpha value is -1.43. The zero-order chi connectivity index (χ0) is 21.5. The van der Waals surface area contributed by atoms with Gasteiger partial charge in [-0.25, -0.2) is 0 Å². The topological polar surface area (TPSA) is 96.5 Å². The Bertz CT molecular complexity index is 898. The van der Waals surface area contributed by atoms with Gasteiger partial charge in [-0.2, -0.15) is 0 Å². The molecule has 2 heterocycles. The van der Waals surface area contributed by atoms with Crippen molar-refractivity contribution in [1.29, 1.82) is 0 Å². The molecule has 0 aliphatic carbocycles. The summed E-state index contributed by atoms with van der Waals surface area (Å²) in [7, 11) is 0. The molecule has 3 rings (SSSR count). The van der Waals surface area contributed by atoms with E-state index in [4.69, 9.17) is 27.9 Å². The van der Waals surface area contributed by atoms with Gasteiger partial charge in [-0.05, 0) is 17.7 Å². The van der Waals surface area contributed by atoms with Gasteiger partial charge in [0.05, 0.1) is 28.5 Å². The molecule has 2 N–H and O–H groups in total. The number of amides is 2. The molecule has 0 spiro atoms. The Morgan fingerprint density at radius 2 is 2.17 bits per heavy atom. The van der Waals surface area contributed by atoms with E-state index < -0.39 is 0 Å². The SMILES string of the molecule is CC(=O)Nc1nnc(SCC(=O)NCC2CN(Cc3ccc(Cl)c(Cl)c3)CCO2)s1. The number of hydrogen-bond acceptors (Lipinski definition) is 8. The fourth-order valence-corrected chi connectivity index (χ4v) is 4.77. The molecule has 1 aromatic carbocycles. The first-order valence-corrected chi connectivity index (χ1v) is 11.7. The van der Waals surface area contributed by atoms with E-state index in [-0.39, 0.29) is 23.7 Å². The minimum absolute atomic E-state index is 0.0802. The molecule has 1 aromatic heterocycles. The molecular weight excluding hydrogens is 469 g/mol. The second kappa shape index (κ2) is 11.3. The van der Waals surface area contributed by atoms with Crippen LogP contribution in [0.2, 0.25) is 10.0 Å². The number of thioether (sulfide) groups is 1. The van der Waals surface area contributed by atoms with Gasteiger partial charge in [-0.15, -0.1) is 10.2 Å². The van der Waals surface area contributed by atoms with Crippen LogP contribution < -0.4 is 10.6 Å². The largest absolute Gasteiger partial charge is 0.374 e. The van der Waals surface area contributed by atoms with Crippen LogP contribution in [0.5, 0.6) is 0 Å². The van der Waals surface area contributed by atoms with Crippen LogP contribution in [0.1, 0.15) is 12.5 Å². The van der Waals surface area contributed by atoms with Gasteiger partial charge in [0.1, 0.15) is 0 Å². The molecule has 0 saturated carbocycles. The summed E-state index contributed by atoms with van der Waals surface area (Å²) in [5, 5.41) is 14.8. The zero-order valence-corrected chi connectivity index (χ0v) is 19.3. The van der Waals surface area contributed by atoms with E-state index in [0.29, 0.717) is 39.2 Å². The lowest BCUT2D eigenvalue weighted by molar-refractivity contribution is -0.119. The molecule has 1 atom stereocenters. The highest BCUT2D eigenvalue weighted by molar-refractivity contribution is 8.01. The predicted molar refractivity (Wildman–Crippen MR) is 119 cm³/mol. The summed E-state index contributed by atoms with van der Waals surface area (Å²) in [4.78, 5) is 25.4. The maximum atomic E-state index is 12.1. The third-order valence-corrected chi connectivity index (χ3v) is 6.87. The second-order valence-electron chi connectivity index (χ2n) is 6.62. The summed E-state index contributed by atoms with van der Waals surface area (Å²) in [5.74, 6) is -0.100. The van der Waals surface area contributed by atoms with Crippen molar-refractivity contribution in [2.45, 2.75) is 23.9 Å². The average Bonchev–Trinajstić information content (AvgIpc) is 3.14. The second-order valence-corrected chi connectivity index (χ2v) is 9.64. The summed E-state index contributed by atoms with van der Waals surface area (Å²) in [5.41, 5.74) is 1.08. The van der Waals surface area contributed by atoms with Crippen molar-refractivity contribution < 1.29 is 14.3 Å². The van der Waals surface area contributed by atoms with Crippen LogP contribution in [-0.2, 0) is 20.9 Å². The molecule has 2 amide bonds. The van der Waals surface area contributed by atoms with Crippen LogP contribution in [0.15, 0.2) is 22.5 Å². The van der Waals surface area contributed by atoms with E-state index in [1.165, 1.54) is 30.0 Å². The summed E-state index contributed by atoms with van der Waals surface area (Å²) in [6, 6.07) is 5.63. The molecule has 0 bridgehead atoms. The lowest BCUT2D eigenvalue weighted by Gasteiger charge is -2.33. The van der Waals surface area contributed by atoms with Gasteiger partial charge in [-0.3, -0.25) is 14.5 Å². The molecule has 1 unspecified atom stereocenters. The number of carbonyl (C=O) groups is 2. The van der Waals surface area contributed by atoms with Crippen molar-refractivity contribution in [2.75, 3.05) is 37.3 Å². The molecule has 1 saturated heterocycles. The average molecular weight is 490 g/mol. The predicted octanol–water partition coefficient (Wildman–Crippen LogP) is 2.91. The van der Waals surface area contributed by atoms with Crippen molar-refractivity contribution in [1.82, 2.24) is 20.4 Å². The molecule has 8 nitrogen and oxygen atoms in total. The van der Waals surface area contributed by atoms with E-state index in [0.717, 1.165) is 18.7 Å². The first kappa shape index (κ1) is 23.2. The molecule has 0 radical (unpaired) electrons. The van der Waals surface area contributed by atoms with Crippen molar-refractivity contribution >= 4 is 63.2 Å². The van der Waals surface area contributed by atoms with Crippen LogP contribution in [0.4, 0.5) is 5.13 Å². The first-order valence-electron chi connectivity index (χ1n) is 9.17. The molecule has 12 heteroatoms. The smallest absolute Gasteiger partial charge is 0.230 e. The number of rotatable bonds is 8. The molecule has 2 aromatic rings. The normalized spacial score (nSPS) is 17.0. The van der Waals surface area contributed by atoms with E-state index in [1.54, 1.807) is 6.07 Å². The number of morpholine rings is 1. The van der Waals surface area contributed by atoms with Crippen LogP contribution in [0.25, 0.3) is 0 Å². The highest BCUT2D eigenvalue weighted by Crippen LogP contribution is 2.25. The number of aromatic nitrogens is 2. The van der Waals surface area contributed by atoms with E-state index >= 15 is 0 Å². The van der Waals surface area contributed by atoms with Gasteiger partial charge in [0, 0.05) is 33.1 Å². The molecule has 1 fully saturated rings. The monoisotopic (exact) mass is 489 g/mol. The number of ether oxygens (including phenoxy) is 1. The van der Waals surface area contributed by atoms with Crippen LogP contribution in [-0.4, -0.2) is 65.0 Å². The quantitative estimate of drug-likeness (QED) is 0.434. The van der Waals surface area contributed by atoms with Gasteiger partial charge in [0.15, 0.2) is 4.34 Å². The minimum Gasteiger partial charge on any atom is -0.374 e. The number of nitrogens with one attached hydrogen (secondary N) is 2. The number of halogens is 2. The third kappa shape index (κ3) is 7.36. The number of anilines is 1. The van der Waals surface area contributed by atoms with E-state index in [9.17, 15) is 9.59 Å². The van der Waals surface area contributed by atoms with Crippen LogP contribution >= 0.6 is 46.3 Å². The standard InChI is InChI=1S/C18H21Cl2N5O3S2/c1-11(26)22-17-23-24-18(30-17)29-10-16(27)21-7-13-9-25(4-5-28-13)8-12-2-3-14(19)15(20)6-12/h2-3,6,13H,4-5,7-10H2,1H3,(H,21,27)(H,22,23,26). The number of carbonyl (C=O) groups excluding carboxylic acids is 2. The minimum atomic E-state index is -0.207. The first-order chi connectivity index (χ1) is 14.4. The third-order valence-electron chi connectivity index (χ3n) is 4.16. The van der Waals surface area contributed by atoms with Gasteiger partial charge in [0.2, 0.25) is 16.9 Å². The molecule has 1 aliphatic rings. The summed E-state index contributed by atoms with van der Waals surface area (Å²) < 4.78 is 6.39. The Labute approximate surface area is 192 Å². The molecular formula is C18H21Cl2N5O3S2. The number of nitrogens with zero attached hydrogens (tertiary/aromatic N) is 3. The van der Waals surface area contributed by atoms with Gasteiger partial charge in [0.25, 0.3) is 0 Å². The Morgan fingerprint density at radius 1 is 1.33 bits per heavy atom. The molecule has 162 valence electrons. The number of benzene rings is 1. The molecule has 30 heavy (non-hydrogen) atoms. The van der Waals surface area contributed by atoms with Crippen molar-refractivity contribution in [3.05, 3.63) is 33.8 Å². The highest BCUT2D eigenvalue weighted by atomic mass is 35.5.